The van der Waals surface area contributed by atoms with Gasteiger partial charge < -0.3 is 5.32 Å². The minimum Gasteiger partial charge on any atom is -0.303 e. The second-order valence-corrected chi connectivity index (χ2v) is 4.75. The molecule has 4 N–H and O–H groups in total. The van der Waals surface area contributed by atoms with Gasteiger partial charge in [-0.25, -0.2) is 9.82 Å². The Morgan fingerprint density at radius 2 is 2.12 bits per heavy atom. The van der Waals surface area contributed by atoms with Crippen LogP contribution in [0.2, 0.25) is 5.02 Å². The van der Waals surface area contributed by atoms with E-state index in [0.29, 0.717) is 23.8 Å². The van der Waals surface area contributed by atoms with Gasteiger partial charge >= 0.3 is 0 Å². The number of benzene rings is 1. The predicted octanol–water partition coefficient (Wildman–Crippen LogP) is 1.77. The highest BCUT2D eigenvalue weighted by Crippen LogP contribution is 2.27. The summed E-state index contributed by atoms with van der Waals surface area (Å²) in [6.07, 6.45) is 0. The van der Waals surface area contributed by atoms with Gasteiger partial charge in [-0.2, -0.15) is 0 Å². The van der Waals surface area contributed by atoms with Crippen LogP contribution in [0.25, 0.3) is 0 Å². The van der Waals surface area contributed by atoms with E-state index in [4.69, 9.17) is 17.4 Å². The van der Waals surface area contributed by atoms with Gasteiger partial charge in [0.1, 0.15) is 5.82 Å². The standard InChI is InChI=1S/C11H17ClFN3/c1-11(2,6-15-7-16-14)9-5-8(12)3-4-10(9)13/h3-5,15-16H,6-7,14H2,1-2H3. The number of nitrogens with one attached hydrogen (secondary N) is 2. The molecule has 0 unspecified atom stereocenters. The van der Waals surface area contributed by atoms with Crippen molar-refractivity contribution in [2.75, 3.05) is 13.2 Å². The van der Waals surface area contributed by atoms with E-state index in [-0.39, 0.29) is 11.2 Å². The summed E-state index contributed by atoms with van der Waals surface area (Å²) in [4.78, 5) is 0. The molecule has 0 aliphatic rings. The maximum absolute atomic E-state index is 13.6. The zero-order chi connectivity index (χ0) is 12.2. The lowest BCUT2D eigenvalue weighted by Gasteiger charge is -2.26. The van der Waals surface area contributed by atoms with E-state index in [9.17, 15) is 4.39 Å². The summed E-state index contributed by atoms with van der Waals surface area (Å²) in [6, 6.07) is 4.60. The predicted molar refractivity (Wildman–Crippen MR) is 64.6 cm³/mol. The lowest BCUT2D eigenvalue weighted by atomic mass is 9.84. The molecule has 0 aliphatic heterocycles. The topological polar surface area (TPSA) is 50.1 Å². The second-order valence-electron chi connectivity index (χ2n) is 4.32. The Bertz CT molecular complexity index is 355. The Hall–Kier alpha value is -0.680. The third-order valence-corrected chi connectivity index (χ3v) is 2.69. The van der Waals surface area contributed by atoms with Crippen LogP contribution in [0.1, 0.15) is 19.4 Å². The third kappa shape index (κ3) is 3.42. The van der Waals surface area contributed by atoms with Gasteiger partial charge in [-0.1, -0.05) is 25.4 Å². The summed E-state index contributed by atoms with van der Waals surface area (Å²) >= 11 is 5.86. The Labute approximate surface area is 100 Å². The van der Waals surface area contributed by atoms with Crippen LogP contribution >= 0.6 is 11.6 Å². The molecule has 3 nitrogen and oxygen atoms in total. The van der Waals surface area contributed by atoms with E-state index >= 15 is 0 Å². The maximum Gasteiger partial charge on any atom is 0.127 e. The first-order valence-electron chi connectivity index (χ1n) is 5.07. The molecule has 0 spiro atoms. The number of nitrogens with two attached hydrogens (primary N) is 1. The minimum absolute atomic E-state index is 0.239. The summed E-state index contributed by atoms with van der Waals surface area (Å²) < 4.78 is 13.6. The molecule has 0 fully saturated rings. The molecule has 16 heavy (non-hydrogen) atoms. The van der Waals surface area contributed by atoms with Crippen molar-refractivity contribution in [2.24, 2.45) is 5.84 Å². The molecule has 0 bridgehead atoms. The van der Waals surface area contributed by atoms with E-state index < -0.39 is 0 Å². The van der Waals surface area contributed by atoms with Crippen LogP contribution in [0.5, 0.6) is 0 Å². The summed E-state index contributed by atoms with van der Waals surface area (Å²) in [7, 11) is 0. The number of rotatable bonds is 5. The Morgan fingerprint density at radius 1 is 1.44 bits per heavy atom. The molecule has 0 radical (unpaired) electrons. The summed E-state index contributed by atoms with van der Waals surface area (Å²) in [5, 5.41) is 3.62. The molecule has 1 aromatic carbocycles. The van der Waals surface area contributed by atoms with Gasteiger partial charge in [-0.05, 0) is 23.8 Å². The van der Waals surface area contributed by atoms with Gasteiger partial charge in [0.05, 0.1) is 6.67 Å². The molecule has 90 valence electrons. The Morgan fingerprint density at radius 3 is 2.75 bits per heavy atom. The van der Waals surface area contributed by atoms with Crippen LogP contribution in [-0.2, 0) is 5.41 Å². The molecule has 0 atom stereocenters. The van der Waals surface area contributed by atoms with Crippen LogP contribution in [0.3, 0.4) is 0 Å². The number of hydrogen-bond donors (Lipinski definition) is 3. The van der Waals surface area contributed by atoms with Gasteiger partial charge in [-0.15, -0.1) is 0 Å². The lowest BCUT2D eigenvalue weighted by Crippen LogP contribution is -2.40. The second kappa shape index (κ2) is 5.59. The van der Waals surface area contributed by atoms with Crippen molar-refractivity contribution in [3.63, 3.8) is 0 Å². The van der Waals surface area contributed by atoms with E-state index in [0.717, 1.165) is 0 Å². The molecule has 0 aliphatic carbocycles. The molecule has 0 saturated heterocycles. The highest BCUT2D eigenvalue weighted by atomic mass is 35.5. The third-order valence-electron chi connectivity index (χ3n) is 2.45. The monoisotopic (exact) mass is 245 g/mol. The molecule has 1 rings (SSSR count). The van der Waals surface area contributed by atoms with Crippen molar-refractivity contribution in [3.8, 4) is 0 Å². The zero-order valence-corrected chi connectivity index (χ0v) is 10.2. The highest BCUT2D eigenvalue weighted by molar-refractivity contribution is 6.30. The van der Waals surface area contributed by atoms with Crippen LogP contribution in [0.15, 0.2) is 18.2 Å². The van der Waals surface area contributed by atoms with Gasteiger partial charge in [0.2, 0.25) is 0 Å². The molecule has 0 aromatic heterocycles. The van der Waals surface area contributed by atoms with Crippen molar-refractivity contribution in [2.45, 2.75) is 19.3 Å². The molecular formula is C11H17ClFN3. The van der Waals surface area contributed by atoms with Crippen LogP contribution in [-0.4, -0.2) is 13.2 Å². The Balaban J connectivity index is 2.83. The number of halogens is 2. The first-order valence-corrected chi connectivity index (χ1v) is 5.45. The Kier molecular flexibility index (Phi) is 4.68. The summed E-state index contributed by atoms with van der Waals surface area (Å²) in [6.45, 7) is 4.98. The molecule has 0 saturated carbocycles. The van der Waals surface area contributed by atoms with Crippen LogP contribution in [0.4, 0.5) is 4.39 Å². The fraction of sp³-hybridized carbons (Fsp3) is 0.455. The lowest BCUT2D eigenvalue weighted by molar-refractivity contribution is 0.434. The van der Waals surface area contributed by atoms with E-state index in [1.54, 1.807) is 12.1 Å². The van der Waals surface area contributed by atoms with Gasteiger partial charge in [-0.3, -0.25) is 5.84 Å². The number of hydrazine groups is 1. The first kappa shape index (κ1) is 13.4. The molecule has 5 heteroatoms. The van der Waals surface area contributed by atoms with Crippen molar-refractivity contribution < 1.29 is 4.39 Å². The van der Waals surface area contributed by atoms with Crippen LogP contribution in [0, 0.1) is 5.82 Å². The summed E-state index contributed by atoms with van der Waals surface area (Å²) in [5.74, 6) is 4.90. The zero-order valence-electron chi connectivity index (χ0n) is 9.48. The van der Waals surface area contributed by atoms with Gasteiger partial charge in [0.15, 0.2) is 0 Å². The number of hydrogen-bond acceptors (Lipinski definition) is 3. The van der Waals surface area contributed by atoms with E-state index in [2.05, 4.69) is 10.7 Å². The molecule has 1 aromatic rings. The van der Waals surface area contributed by atoms with Crippen molar-refractivity contribution in [3.05, 3.63) is 34.6 Å². The summed E-state index contributed by atoms with van der Waals surface area (Å²) in [5.41, 5.74) is 2.75. The van der Waals surface area contributed by atoms with Gasteiger partial charge in [0, 0.05) is 17.0 Å². The largest absolute Gasteiger partial charge is 0.303 e. The van der Waals surface area contributed by atoms with Crippen molar-refractivity contribution in [1.29, 1.82) is 0 Å². The fourth-order valence-electron chi connectivity index (χ4n) is 1.56. The van der Waals surface area contributed by atoms with E-state index in [1.165, 1.54) is 6.07 Å². The van der Waals surface area contributed by atoms with Gasteiger partial charge in [0.25, 0.3) is 0 Å². The molecule has 0 amide bonds. The van der Waals surface area contributed by atoms with Crippen molar-refractivity contribution >= 4 is 11.6 Å². The minimum atomic E-state index is -0.341. The fourth-order valence-corrected chi connectivity index (χ4v) is 1.73. The molecular weight excluding hydrogens is 229 g/mol. The van der Waals surface area contributed by atoms with Crippen LogP contribution < -0.4 is 16.6 Å². The average Bonchev–Trinajstić information content (AvgIpc) is 2.22. The highest BCUT2D eigenvalue weighted by Gasteiger charge is 2.23. The maximum atomic E-state index is 13.6. The first-order chi connectivity index (χ1) is 7.47. The SMILES string of the molecule is CC(C)(CNCNN)c1cc(Cl)ccc1F. The molecule has 0 heterocycles. The quantitative estimate of drug-likeness (QED) is 0.321. The average molecular weight is 246 g/mol. The van der Waals surface area contributed by atoms with Crippen molar-refractivity contribution in [1.82, 2.24) is 10.7 Å². The van der Waals surface area contributed by atoms with E-state index in [1.807, 2.05) is 13.8 Å². The normalized spacial score (nSPS) is 11.8. The smallest absolute Gasteiger partial charge is 0.127 e.